The number of nitrogens with zero attached hydrogens (tertiary/aromatic N) is 2. The summed E-state index contributed by atoms with van der Waals surface area (Å²) >= 11 is 6.73. The van der Waals surface area contributed by atoms with Crippen LogP contribution >= 0.6 is 24.0 Å². The lowest BCUT2D eigenvalue weighted by molar-refractivity contribution is -0.114. The molecule has 0 spiro atoms. The summed E-state index contributed by atoms with van der Waals surface area (Å²) in [5.74, 6) is 0.137. The molecule has 152 valence electrons. The van der Waals surface area contributed by atoms with Gasteiger partial charge in [0, 0.05) is 17.0 Å². The van der Waals surface area contributed by atoms with Crippen molar-refractivity contribution in [2.45, 2.75) is 20.5 Å². The monoisotopic (exact) mass is 438 g/mol. The Morgan fingerprint density at radius 2 is 1.80 bits per heavy atom. The smallest absolute Gasteiger partial charge is 0.285 e. The number of amides is 1. The molecule has 1 saturated heterocycles. The van der Waals surface area contributed by atoms with Gasteiger partial charge in [-0.2, -0.15) is 5.01 Å². The number of hydrogen-bond donors (Lipinski definition) is 0. The van der Waals surface area contributed by atoms with Crippen LogP contribution in [0.5, 0.6) is 5.75 Å². The van der Waals surface area contributed by atoms with Crippen molar-refractivity contribution in [1.82, 2.24) is 4.68 Å². The predicted molar refractivity (Wildman–Crippen MR) is 122 cm³/mol. The van der Waals surface area contributed by atoms with Crippen LogP contribution in [0.2, 0.25) is 0 Å². The van der Waals surface area contributed by atoms with E-state index in [1.807, 2.05) is 48.9 Å². The number of aromatic nitrogens is 1. The van der Waals surface area contributed by atoms with Crippen LogP contribution in [-0.4, -0.2) is 14.9 Å². The molecule has 0 radical (unpaired) electrons. The van der Waals surface area contributed by atoms with Gasteiger partial charge in [-0.25, -0.2) is 4.39 Å². The Kier molecular flexibility index (Phi) is 5.74. The van der Waals surface area contributed by atoms with Gasteiger partial charge in [-0.05, 0) is 68.0 Å². The van der Waals surface area contributed by atoms with Gasteiger partial charge >= 0.3 is 0 Å². The molecule has 1 fully saturated rings. The maximum absolute atomic E-state index is 13.8. The quantitative estimate of drug-likeness (QED) is 0.397. The Morgan fingerprint density at radius 3 is 2.53 bits per heavy atom. The van der Waals surface area contributed by atoms with Gasteiger partial charge in [0.2, 0.25) is 0 Å². The molecule has 2 heterocycles. The Balaban J connectivity index is 1.54. The Labute approximate surface area is 183 Å². The van der Waals surface area contributed by atoms with Gasteiger partial charge in [-0.15, -0.1) is 0 Å². The number of thiocarbonyl (C=S) groups is 1. The molecule has 7 heteroatoms. The van der Waals surface area contributed by atoms with Crippen LogP contribution in [0.3, 0.4) is 0 Å². The second-order valence-corrected chi connectivity index (χ2v) is 8.55. The number of hydrogen-bond acceptors (Lipinski definition) is 4. The van der Waals surface area contributed by atoms with E-state index in [-0.39, 0.29) is 18.3 Å². The number of carbonyl (C=O) groups excluding carboxylic acids is 1. The Hall–Kier alpha value is -2.90. The highest BCUT2D eigenvalue weighted by Crippen LogP contribution is 2.33. The lowest BCUT2D eigenvalue weighted by Gasteiger charge is -2.20. The third kappa shape index (κ3) is 4.04. The molecule has 0 N–H and O–H groups in total. The molecule has 1 amide bonds. The van der Waals surface area contributed by atoms with Gasteiger partial charge in [0.05, 0.1) is 4.91 Å². The highest BCUT2D eigenvalue weighted by atomic mass is 32.2. The fraction of sp³-hybridized carbons (Fsp3) is 0.130. The van der Waals surface area contributed by atoms with E-state index < -0.39 is 0 Å². The largest absolute Gasteiger partial charge is 0.489 e. The number of aryl methyl sites for hydroxylation is 2. The number of thioether (sulfide) groups is 1. The molecule has 3 aromatic rings. The van der Waals surface area contributed by atoms with Crippen LogP contribution < -0.4 is 9.75 Å². The van der Waals surface area contributed by atoms with Crippen molar-refractivity contribution in [3.8, 4) is 5.75 Å². The zero-order valence-corrected chi connectivity index (χ0v) is 18.1. The van der Waals surface area contributed by atoms with Gasteiger partial charge in [-0.1, -0.05) is 42.1 Å². The molecule has 4 rings (SSSR count). The Bertz CT molecular complexity index is 1150. The average Bonchev–Trinajstić information content (AvgIpc) is 3.19. The lowest BCUT2D eigenvalue weighted by Crippen LogP contribution is -2.39. The summed E-state index contributed by atoms with van der Waals surface area (Å²) < 4.78 is 21.8. The van der Waals surface area contributed by atoms with E-state index in [4.69, 9.17) is 17.0 Å². The number of benzene rings is 2. The minimum absolute atomic E-state index is 0.129. The molecule has 30 heavy (non-hydrogen) atoms. The SMILES string of the molecule is Cc1ccc(C)n1N1C(=O)/C(=C\c2cccc(OCc3ccccc3F)c2)SC1=S. The first kappa shape index (κ1) is 20.4. The van der Waals surface area contributed by atoms with Crippen molar-refractivity contribution in [2.24, 2.45) is 0 Å². The number of ether oxygens (including phenoxy) is 1. The van der Waals surface area contributed by atoms with E-state index in [2.05, 4.69) is 0 Å². The molecule has 2 aromatic carbocycles. The summed E-state index contributed by atoms with van der Waals surface area (Å²) in [6.07, 6.45) is 1.80. The zero-order chi connectivity index (χ0) is 21.3. The summed E-state index contributed by atoms with van der Waals surface area (Å²) in [5, 5.41) is 1.52. The van der Waals surface area contributed by atoms with E-state index in [1.54, 1.807) is 30.3 Å². The van der Waals surface area contributed by atoms with E-state index in [1.165, 1.54) is 22.8 Å². The number of rotatable bonds is 5. The molecule has 1 aliphatic rings. The second kappa shape index (κ2) is 8.45. The molecule has 1 aromatic heterocycles. The van der Waals surface area contributed by atoms with Gasteiger partial charge in [0.1, 0.15) is 18.2 Å². The van der Waals surface area contributed by atoms with Crippen LogP contribution in [-0.2, 0) is 11.4 Å². The van der Waals surface area contributed by atoms with Gasteiger partial charge in [0.25, 0.3) is 5.91 Å². The summed E-state index contributed by atoms with van der Waals surface area (Å²) in [7, 11) is 0. The van der Waals surface area contributed by atoms with Crippen molar-refractivity contribution in [3.63, 3.8) is 0 Å². The van der Waals surface area contributed by atoms with Gasteiger partial charge < -0.3 is 4.74 Å². The molecule has 0 unspecified atom stereocenters. The number of carbonyl (C=O) groups is 1. The van der Waals surface area contributed by atoms with Crippen molar-refractivity contribution in [1.29, 1.82) is 0 Å². The van der Waals surface area contributed by atoms with Gasteiger partial charge in [-0.3, -0.25) is 9.47 Å². The third-order valence-electron chi connectivity index (χ3n) is 4.72. The minimum Gasteiger partial charge on any atom is -0.489 e. The lowest BCUT2D eigenvalue weighted by atomic mass is 10.2. The summed E-state index contributed by atoms with van der Waals surface area (Å²) in [6, 6.07) is 17.8. The van der Waals surface area contributed by atoms with Crippen molar-refractivity contribution in [3.05, 3.63) is 93.9 Å². The molecule has 0 aliphatic carbocycles. The highest BCUT2D eigenvalue weighted by molar-refractivity contribution is 8.27. The maximum atomic E-state index is 13.8. The zero-order valence-electron chi connectivity index (χ0n) is 16.5. The first-order valence-corrected chi connectivity index (χ1v) is 10.6. The van der Waals surface area contributed by atoms with E-state index >= 15 is 0 Å². The van der Waals surface area contributed by atoms with Crippen molar-refractivity contribution in [2.75, 3.05) is 5.01 Å². The van der Waals surface area contributed by atoms with Crippen molar-refractivity contribution < 1.29 is 13.9 Å². The fourth-order valence-corrected chi connectivity index (χ4v) is 4.47. The average molecular weight is 439 g/mol. The summed E-state index contributed by atoms with van der Waals surface area (Å²) in [4.78, 5) is 13.6. The molecule has 0 atom stereocenters. The number of halogens is 1. The minimum atomic E-state index is -0.298. The molecule has 0 saturated carbocycles. The molecular weight excluding hydrogens is 419 g/mol. The fourth-order valence-electron chi connectivity index (χ4n) is 3.23. The second-order valence-electron chi connectivity index (χ2n) is 6.87. The van der Waals surface area contributed by atoms with E-state index in [0.29, 0.717) is 20.5 Å². The van der Waals surface area contributed by atoms with E-state index in [9.17, 15) is 9.18 Å². The van der Waals surface area contributed by atoms with Crippen LogP contribution in [0.1, 0.15) is 22.5 Å². The standard InChI is InChI=1S/C23H19FN2O2S2/c1-15-10-11-16(2)25(15)26-22(27)21(30-23(26)29)13-17-6-5-8-19(12-17)28-14-18-7-3-4-9-20(18)24/h3-13H,14H2,1-2H3/b21-13+. The van der Waals surface area contributed by atoms with Crippen LogP contribution in [0, 0.1) is 19.7 Å². The van der Waals surface area contributed by atoms with Gasteiger partial charge in [0.15, 0.2) is 4.32 Å². The van der Waals surface area contributed by atoms with Crippen LogP contribution in [0.15, 0.2) is 65.6 Å². The first-order valence-electron chi connectivity index (χ1n) is 9.33. The highest BCUT2D eigenvalue weighted by Gasteiger charge is 2.34. The third-order valence-corrected chi connectivity index (χ3v) is 6.00. The molecule has 4 nitrogen and oxygen atoms in total. The predicted octanol–water partition coefficient (Wildman–Crippen LogP) is 5.36. The topological polar surface area (TPSA) is 34.5 Å². The molecule has 1 aliphatic heterocycles. The molecular formula is C23H19FN2O2S2. The Morgan fingerprint density at radius 1 is 1.07 bits per heavy atom. The van der Waals surface area contributed by atoms with Crippen LogP contribution in [0.25, 0.3) is 6.08 Å². The summed E-state index contributed by atoms with van der Waals surface area (Å²) in [5.41, 5.74) is 3.17. The summed E-state index contributed by atoms with van der Waals surface area (Å²) in [6.45, 7) is 4.00. The van der Waals surface area contributed by atoms with Crippen LogP contribution in [0.4, 0.5) is 4.39 Å². The van der Waals surface area contributed by atoms with Crippen molar-refractivity contribution >= 4 is 40.3 Å². The molecule has 0 bridgehead atoms. The normalized spacial score (nSPS) is 15.3. The maximum Gasteiger partial charge on any atom is 0.285 e. The van der Waals surface area contributed by atoms with E-state index in [0.717, 1.165) is 17.0 Å². The first-order chi connectivity index (χ1) is 14.4.